The number of aliphatic hydroxyl groups is 1. The maximum atomic E-state index is 12.7. The number of fused-ring (bicyclic) bond motifs is 1. The zero-order valence-corrected chi connectivity index (χ0v) is 23.9. The van der Waals surface area contributed by atoms with Gasteiger partial charge in [-0.05, 0) is 54.8 Å². The molecule has 40 heavy (non-hydrogen) atoms. The first-order valence-electron chi connectivity index (χ1n) is 12.5. The summed E-state index contributed by atoms with van der Waals surface area (Å²) in [7, 11) is -7.52. The van der Waals surface area contributed by atoms with Crippen LogP contribution in [-0.2, 0) is 31.4 Å². The van der Waals surface area contributed by atoms with Gasteiger partial charge in [-0.2, -0.15) is 8.42 Å². The molecule has 3 N–H and O–H groups in total. The highest BCUT2D eigenvalue weighted by Gasteiger charge is 2.24. The average Bonchev–Trinajstić information content (AvgIpc) is 3.30. The molecule has 0 aliphatic heterocycles. The van der Waals surface area contributed by atoms with E-state index >= 15 is 0 Å². The van der Waals surface area contributed by atoms with Gasteiger partial charge in [0.2, 0.25) is 5.91 Å². The van der Waals surface area contributed by atoms with Crippen LogP contribution in [0.25, 0.3) is 10.9 Å². The summed E-state index contributed by atoms with van der Waals surface area (Å²) in [5.74, 6) is -0.0612. The van der Waals surface area contributed by atoms with Crippen LogP contribution in [0, 0.1) is 0 Å². The number of aromatic nitrogens is 1. The number of nitrogens with zero attached hydrogens (tertiary/aromatic N) is 1. The van der Waals surface area contributed by atoms with Crippen molar-refractivity contribution in [2.45, 2.75) is 37.3 Å². The Morgan fingerprint density at radius 1 is 1.02 bits per heavy atom. The minimum absolute atomic E-state index is 0.0177. The summed E-state index contributed by atoms with van der Waals surface area (Å²) in [6.07, 6.45) is 2.06. The SMILES string of the molecule is CC(=O)N(C[C@H](O)c1cccc(NS(=O)(=O)c2ccccc2)c1)[C@H](C)Cc1c[nH]c2c(OS(C)(=O)=O)cccc12. The number of aliphatic hydroxyl groups excluding tert-OH is 1. The summed E-state index contributed by atoms with van der Waals surface area (Å²) in [6.45, 7) is 3.26. The number of nitrogens with one attached hydrogen (secondary N) is 2. The average molecular weight is 586 g/mol. The van der Waals surface area contributed by atoms with E-state index in [-0.39, 0.29) is 34.8 Å². The maximum Gasteiger partial charge on any atom is 0.306 e. The van der Waals surface area contributed by atoms with Crippen LogP contribution in [-0.4, -0.2) is 56.6 Å². The van der Waals surface area contributed by atoms with Crippen molar-refractivity contribution in [3.05, 3.63) is 90.1 Å². The summed E-state index contributed by atoms with van der Waals surface area (Å²) in [6, 6.07) is 19.1. The van der Waals surface area contributed by atoms with Crippen molar-refractivity contribution in [2.75, 3.05) is 17.5 Å². The first-order chi connectivity index (χ1) is 18.8. The second-order valence-corrected chi connectivity index (χ2v) is 12.8. The molecule has 4 rings (SSSR count). The monoisotopic (exact) mass is 585 g/mol. The number of anilines is 1. The summed E-state index contributed by atoms with van der Waals surface area (Å²) >= 11 is 0. The molecule has 0 spiro atoms. The van der Waals surface area contributed by atoms with Gasteiger partial charge in [-0.1, -0.05) is 42.5 Å². The van der Waals surface area contributed by atoms with E-state index < -0.39 is 26.2 Å². The Kier molecular flexibility index (Phi) is 8.52. The third-order valence-corrected chi connectivity index (χ3v) is 8.28. The van der Waals surface area contributed by atoms with Crippen molar-refractivity contribution < 1.29 is 30.9 Å². The van der Waals surface area contributed by atoms with E-state index in [9.17, 15) is 26.7 Å². The van der Waals surface area contributed by atoms with Crippen molar-refractivity contribution in [3.8, 4) is 5.75 Å². The van der Waals surface area contributed by atoms with E-state index in [4.69, 9.17) is 4.18 Å². The summed E-state index contributed by atoms with van der Waals surface area (Å²) in [5.41, 5.74) is 2.11. The fourth-order valence-corrected chi connectivity index (χ4v) is 6.08. The molecule has 0 saturated heterocycles. The van der Waals surface area contributed by atoms with E-state index in [0.29, 0.717) is 17.5 Å². The number of hydrogen-bond donors (Lipinski definition) is 3. The van der Waals surface area contributed by atoms with Crippen LogP contribution in [0.15, 0.2) is 83.9 Å². The lowest BCUT2D eigenvalue weighted by atomic mass is 10.0. The van der Waals surface area contributed by atoms with Crippen LogP contribution in [0.4, 0.5) is 5.69 Å². The third kappa shape index (κ3) is 7.00. The van der Waals surface area contributed by atoms with Gasteiger partial charge in [-0.15, -0.1) is 0 Å². The first-order valence-corrected chi connectivity index (χ1v) is 15.8. The van der Waals surface area contributed by atoms with Crippen molar-refractivity contribution in [1.82, 2.24) is 9.88 Å². The minimum atomic E-state index is -3.81. The summed E-state index contributed by atoms with van der Waals surface area (Å²) in [5, 5.41) is 11.8. The highest BCUT2D eigenvalue weighted by atomic mass is 32.2. The number of H-pyrrole nitrogens is 1. The van der Waals surface area contributed by atoms with Crippen LogP contribution in [0.5, 0.6) is 5.75 Å². The third-order valence-electron chi connectivity index (χ3n) is 6.40. The zero-order valence-electron chi connectivity index (χ0n) is 22.2. The van der Waals surface area contributed by atoms with Crippen LogP contribution in [0.3, 0.4) is 0 Å². The summed E-state index contributed by atoms with van der Waals surface area (Å²) < 4.78 is 56.3. The molecule has 0 aliphatic rings. The number of aromatic amines is 1. The predicted octanol–water partition coefficient (Wildman–Crippen LogP) is 3.82. The van der Waals surface area contributed by atoms with Crippen molar-refractivity contribution >= 4 is 42.6 Å². The Bertz CT molecular complexity index is 1720. The van der Waals surface area contributed by atoms with E-state index in [1.54, 1.807) is 59.6 Å². The van der Waals surface area contributed by atoms with E-state index in [1.165, 1.54) is 25.1 Å². The molecule has 0 saturated carbocycles. The van der Waals surface area contributed by atoms with Gasteiger partial charge in [0.15, 0.2) is 5.75 Å². The molecule has 1 aromatic heterocycles. The quantitative estimate of drug-likeness (QED) is 0.227. The molecule has 212 valence electrons. The lowest BCUT2D eigenvalue weighted by Gasteiger charge is -2.30. The molecule has 1 heterocycles. The minimum Gasteiger partial charge on any atom is -0.387 e. The zero-order chi connectivity index (χ0) is 29.1. The normalized spacial score (nSPS) is 13.5. The number of carbonyl (C=O) groups is 1. The lowest BCUT2D eigenvalue weighted by Crippen LogP contribution is -2.41. The number of hydrogen-bond acceptors (Lipinski definition) is 7. The van der Waals surface area contributed by atoms with Gasteiger partial charge in [0, 0.05) is 30.2 Å². The molecule has 0 aliphatic carbocycles. The fraction of sp³-hybridized carbons (Fsp3) is 0.250. The van der Waals surface area contributed by atoms with Crippen LogP contribution in [0.1, 0.15) is 31.1 Å². The second-order valence-electron chi connectivity index (χ2n) is 9.56. The number of amides is 1. The number of sulfonamides is 1. The molecule has 1 amide bonds. The molecule has 3 aromatic carbocycles. The van der Waals surface area contributed by atoms with E-state index in [0.717, 1.165) is 17.2 Å². The van der Waals surface area contributed by atoms with Gasteiger partial charge in [-0.3, -0.25) is 9.52 Å². The van der Waals surface area contributed by atoms with Gasteiger partial charge in [0.25, 0.3) is 10.0 Å². The molecular formula is C28H31N3O7S2. The highest BCUT2D eigenvalue weighted by molar-refractivity contribution is 7.92. The Morgan fingerprint density at radius 2 is 1.73 bits per heavy atom. The Labute approximate surface area is 233 Å². The summed E-state index contributed by atoms with van der Waals surface area (Å²) in [4.78, 5) is 17.3. The molecule has 0 bridgehead atoms. The van der Waals surface area contributed by atoms with Crippen molar-refractivity contribution in [1.29, 1.82) is 0 Å². The lowest BCUT2D eigenvalue weighted by molar-refractivity contribution is -0.132. The number of carbonyl (C=O) groups excluding carboxylic acids is 1. The molecule has 0 radical (unpaired) electrons. The van der Waals surface area contributed by atoms with Gasteiger partial charge < -0.3 is 19.2 Å². The number of para-hydroxylation sites is 1. The molecule has 2 atom stereocenters. The Morgan fingerprint density at radius 3 is 2.40 bits per heavy atom. The van der Waals surface area contributed by atoms with Crippen molar-refractivity contribution in [2.24, 2.45) is 0 Å². The largest absolute Gasteiger partial charge is 0.387 e. The number of rotatable bonds is 11. The number of benzene rings is 3. The standard InChI is InChI=1S/C28H31N3O7S2/c1-19(15-22-17-29-28-25(22)13-8-14-27(28)38-39(3,34)35)31(20(2)32)18-26(33)21-9-7-10-23(16-21)30-40(36,37)24-11-5-4-6-12-24/h4-14,16-17,19,26,29-30,33H,15,18H2,1-3H3/t19-,26+/m1/s1. The molecule has 0 fully saturated rings. The van der Waals surface area contributed by atoms with Gasteiger partial charge in [0.1, 0.15) is 0 Å². The fourth-order valence-electron chi connectivity index (χ4n) is 4.55. The Balaban J connectivity index is 1.50. The molecule has 10 nitrogen and oxygen atoms in total. The van der Waals surface area contributed by atoms with Gasteiger partial charge >= 0.3 is 10.1 Å². The van der Waals surface area contributed by atoms with Gasteiger partial charge in [-0.25, -0.2) is 8.42 Å². The molecule has 0 unspecified atom stereocenters. The Hall–Kier alpha value is -3.87. The van der Waals surface area contributed by atoms with E-state index in [2.05, 4.69) is 9.71 Å². The van der Waals surface area contributed by atoms with Crippen LogP contribution >= 0.6 is 0 Å². The smallest absolute Gasteiger partial charge is 0.306 e. The first kappa shape index (κ1) is 29.1. The van der Waals surface area contributed by atoms with Gasteiger partial charge in [0.05, 0.1) is 29.3 Å². The van der Waals surface area contributed by atoms with Crippen LogP contribution < -0.4 is 8.91 Å². The predicted molar refractivity (Wildman–Crippen MR) is 153 cm³/mol. The van der Waals surface area contributed by atoms with Crippen molar-refractivity contribution in [3.63, 3.8) is 0 Å². The van der Waals surface area contributed by atoms with Crippen LogP contribution in [0.2, 0.25) is 0 Å². The molecular weight excluding hydrogens is 554 g/mol. The second kappa shape index (κ2) is 11.7. The molecule has 12 heteroatoms. The van der Waals surface area contributed by atoms with E-state index in [1.807, 2.05) is 13.0 Å². The maximum absolute atomic E-state index is 12.7. The topological polar surface area (TPSA) is 146 Å². The highest BCUT2D eigenvalue weighted by Crippen LogP contribution is 2.30. The molecule has 4 aromatic rings.